The first kappa shape index (κ1) is 12.7. The average molecular weight is 246 g/mol. The summed E-state index contributed by atoms with van der Waals surface area (Å²) in [5.74, 6) is -0.162. The molecule has 2 rings (SSSR count). The fraction of sp³-hybridized carbons (Fsp3) is 0.333. The number of halogens is 1. The van der Waals surface area contributed by atoms with Crippen LogP contribution in [0.2, 0.25) is 0 Å². The Kier molecular flexibility index (Phi) is 4.03. The molecule has 0 aliphatic rings. The molecule has 18 heavy (non-hydrogen) atoms. The van der Waals surface area contributed by atoms with Crippen molar-refractivity contribution in [3.05, 3.63) is 53.6 Å². The van der Waals surface area contributed by atoms with Crippen LogP contribution in [-0.2, 0) is 13.1 Å². The van der Waals surface area contributed by atoms with Gasteiger partial charge in [-0.3, -0.25) is 0 Å². The van der Waals surface area contributed by atoms with Crippen LogP contribution in [0.1, 0.15) is 24.5 Å². The smallest absolute Gasteiger partial charge is 0.149 e. The van der Waals surface area contributed by atoms with Crippen molar-refractivity contribution in [2.45, 2.75) is 33.4 Å². The SMILES string of the molecule is CCCn1ccc(CNc2cccc(C)c2F)c1. The van der Waals surface area contributed by atoms with Crippen molar-refractivity contribution in [3.63, 3.8) is 0 Å². The van der Waals surface area contributed by atoms with Gasteiger partial charge in [-0.25, -0.2) is 4.39 Å². The van der Waals surface area contributed by atoms with Crippen molar-refractivity contribution in [1.29, 1.82) is 0 Å². The normalized spacial score (nSPS) is 10.6. The minimum Gasteiger partial charge on any atom is -0.379 e. The summed E-state index contributed by atoms with van der Waals surface area (Å²) < 4.78 is 15.9. The summed E-state index contributed by atoms with van der Waals surface area (Å²) in [6, 6.07) is 7.48. The van der Waals surface area contributed by atoms with Gasteiger partial charge in [0.05, 0.1) is 5.69 Å². The number of anilines is 1. The Hall–Kier alpha value is -1.77. The van der Waals surface area contributed by atoms with E-state index < -0.39 is 0 Å². The Morgan fingerprint density at radius 1 is 1.28 bits per heavy atom. The second-order valence-corrected chi connectivity index (χ2v) is 4.55. The van der Waals surface area contributed by atoms with Gasteiger partial charge in [0.1, 0.15) is 5.82 Å². The lowest BCUT2D eigenvalue weighted by atomic mass is 10.2. The van der Waals surface area contributed by atoms with E-state index in [1.165, 1.54) is 5.56 Å². The van der Waals surface area contributed by atoms with E-state index in [1.54, 1.807) is 19.1 Å². The van der Waals surface area contributed by atoms with E-state index in [9.17, 15) is 4.39 Å². The van der Waals surface area contributed by atoms with Crippen molar-refractivity contribution in [2.24, 2.45) is 0 Å². The molecule has 3 heteroatoms. The molecule has 0 amide bonds. The number of hydrogen-bond acceptors (Lipinski definition) is 1. The van der Waals surface area contributed by atoms with E-state index in [2.05, 4.69) is 35.3 Å². The molecule has 0 saturated carbocycles. The zero-order chi connectivity index (χ0) is 13.0. The van der Waals surface area contributed by atoms with Gasteiger partial charge in [-0.1, -0.05) is 19.1 Å². The van der Waals surface area contributed by atoms with E-state index in [0.29, 0.717) is 17.8 Å². The summed E-state index contributed by atoms with van der Waals surface area (Å²) >= 11 is 0. The Labute approximate surface area is 107 Å². The molecule has 2 aromatic rings. The number of aryl methyl sites for hydroxylation is 2. The molecule has 0 radical (unpaired) electrons. The lowest BCUT2D eigenvalue weighted by Gasteiger charge is -2.08. The zero-order valence-corrected chi connectivity index (χ0v) is 10.9. The summed E-state index contributed by atoms with van der Waals surface area (Å²) in [5.41, 5.74) is 2.41. The molecule has 1 aromatic carbocycles. The highest BCUT2D eigenvalue weighted by atomic mass is 19.1. The lowest BCUT2D eigenvalue weighted by molar-refractivity contribution is 0.621. The Morgan fingerprint density at radius 3 is 2.89 bits per heavy atom. The van der Waals surface area contributed by atoms with E-state index in [-0.39, 0.29) is 5.82 Å². The fourth-order valence-electron chi connectivity index (χ4n) is 1.97. The maximum Gasteiger partial charge on any atom is 0.149 e. The van der Waals surface area contributed by atoms with Crippen molar-refractivity contribution < 1.29 is 4.39 Å². The average Bonchev–Trinajstić information content (AvgIpc) is 2.79. The van der Waals surface area contributed by atoms with E-state index in [0.717, 1.165) is 13.0 Å². The van der Waals surface area contributed by atoms with E-state index >= 15 is 0 Å². The molecule has 1 heterocycles. The predicted octanol–water partition coefficient (Wildman–Crippen LogP) is 3.96. The van der Waals surface area contributed by atoms with Crippen LogP contribution in [0.3, 0.4) is 0 Å². The Bertz CT molecular complexity index is 517. The number of hydrogen-bond donors (Lipinski definition) is 1. The third-order valence-corrected chi connectivity index (χ3v) is 2.97. The highest BCUT2D eigenvalue weighted by Gasteiger charge is 2.04. The maximum absolute atomic E-state index is 13.8. The molecule has 0 aliphatic heterocycles. The summed E-state index contributed by atoms with van der Waals surface area (Å²) in [6.07, 6.45) is 5.28. The largest absolute Gasteiger partial charge is 0.379 e. The molecular weight excluding hydrogens is 227 g/mol. The van der Waals surface area contributed by atoms with Crippen LogP contribution in [0.15, 0.2) is 36.7 Å². The maximum atomic E-state index is 13.8. The van der Waals surface area contributed by atoms with Gasteiger partial charge in [0.2, 0.25) is 0 Å². The summed E-state index contributed by atoms with van der Waals surface area (Å²) in [5, 5.41) is 3.14. The van der Waals surface area contributed by atoms with Crippen LogP contribution in [0.25, 0.3) is 0 Å². The highest BCUT2D eigenvalue weighted by molar-refractivity contribution is 5.47. The van der Waals surface area contributed by atoms with Gasteiger partial charge in [-0.2, -0.15) is 0 Å². The molecule has 0 bridgehead atoms. The second kappa shape index (κ2) is 5.71. The fourth-order valence-corrected chi connectivity index (χ4v) is 1.97. The van der Waals surface area contributed by atoms with Crippen LogP contribution < -0.4 is 5.32 Å². The second-order valence-electron chi connectivity index (χ2n) is 4.55. The molecule has 96 valence electrons. The molecule has 0 spiro atoms. The third kappa shape index (κ3) is 2.92. The molecule has 2 nitrogen and oxygen atoms in total. The van der Waals surface area contributed by atoms with Crippen molar-refractivity contribution >= 4 is 5.69 Å². The van der Waals surface area contributed by atoms with Crippen molar-refractivity contribution in [1.82, 2.24) is 4.57 Å². The molecule has 0 saturated heterocycles. The predicted molar refractivity (Wildman–Crippen MR) is 73.2 cm³/mol. The van der Waals surface area contributed by atoms with Crippen LogP contribution in [0, 0.1) is 12.7 Å². The Morgan fingerprint density at radius 2 is 2.11 bits per heavy atom. The van der Waals surface area contributed by atoms with Gasteiger partial charge >= 0.3 is 0 Å². The van der Waals surface area contributed by atoms with Gasteiger partial charge < -0.3 is 9.88 Å². The van der Waals surface area contributed by atoms with Gasteiger partial charge in [-0.05, 0) is 36.6 Å². The molecule has 1 N–H and O–H groups in total. The van der Waals surface area contributed by atoms with Crippen molar-refractivity contribution in [3.8, 4) is 0 Å². The van der Waals surface area contributed by atoms with Crippen LogP contribution >= 0.6 is 0 Å². The number of rotatable bonds is 5. The molecular formula is C15H19FN2. The minimum atomic E-state index is -0.162. The van der Waals surface area contributed by atoms with Crippen molar-refractivity contribution in [2.75, 3.05) is 5.32 Å². The number of aromatic nitrogens is 1. The Balaban J connectivity index is 2.00. The van der Waals surface area contributed by atoms with Gasteiger partial charge in [0.25, 0.3) is 0 Å². The van der Waals surface area contributed by atoms with Crippen LogP contribution in [-0.4, -0.2) is 4.57 Å². The minimum absolute atomic E-state index is 0.162. The third-order valence-electron chi connectivity index (χ3n) is 2.97. The lowest BCUT2D eigenvalue weighted by Crippen LogP contribution is -2.01. The number of nitrogens with zero attached hydrogens (tertiary/aromatic N) is 1. The highest BCUT2D eigenvalue weighted by Crippen LogP contribution is 2.18. The number of nitrogens with one attached hydrogen (secondary N) is 1. The monoisotopic (exact) mass is 246 g/mol. The topological polar surface area (TPSA) is 17.0 Å². The van der Waals surface area contributed by atoms with Gasteiger partial charge in [0.15, 0.2) is 0 Å². The summed E-state index contributed by atoms with van der Waals surface area (Å²) in [7, 11) is 0. The van der Waals surface area contributed by atoms with Gasteiger partial charge in [0, 0.05) is 25.5 Å². The standard InChI is InChI=1S/C15H19FN2/c1-3-8-18-9-7-13(11-18)10-17-14-6-4-5-12(2)15(14)16/h4-7,9,11,17H,3,8,10H2,1-2H3. The van der Waals surface area contributed by atoms with E-state index in [1.807, 2.05) is 6.07 Å². The van der Waals surface area contributed by atoms with E-state index in [4.69, 9.17) is 0 Å². The first-order valence-electron chi connectivity index (χ1n) is 6.34. The zero-order valence-electron chi connectivity index (χ0n) is 10.9. The first-order valence-corrected chi connectivity index (χ1v) is 6.34. The van der Waals surface area contributed by atoms with Crippen LogP contribution in [0.5, 0.6) is 0 Å². The quantitative estimate of drug-likeness (QED) is 0.845. The molecule has 0 atom stereocenters. The molecule has 1 aromatic heterocycles. The molecule has 0 unspecified atom stereocenters. The summed E-state index contributed by atoms with van der Waals surface area (Å²) in [6.45, 7) is 5.61. The first-order chi connectivity index (χ1) is 8.70. The molecule has 0 aliphatic carbocycles. The van der Waals surface area contributed by atoms with Gasteiger partial charge in [-0.15, -0.1) is 0 Å². The summed E-state index contributed by atoms with van der Waals surface area (Å²) in [4.78, 5) is 0. The molecule has 0 fully saturated rings. The number of benzene rings is 1. The van der Waals surface area contributed by atoms with Crippen LogP contribution in [0.4, 0.5) is 10.1 Å².